The zero-order valence-electron chi connectivity index (χ0n) is 20.9. The molecule has 39 heavy (non-hydrogen) atoms. The second-order valence-corrected chi connectivity index (χ2v) is 9.68. The van der Waals surface area contributed by atoms with Gasteiger partial charge in [-0.2, -0.15) is 0 Å². The van der Waals surface area contributed by atoms with E-state index in [4.69, 9.17) is 14.3 Å². The number of non-ortho nitro benzene ring substituents is 1. The summed E-state index contributed by atoms with van der Waals surface area (Å²) in [5, 5.41) is 23.3. The van der Waals surface area contributed by atoms with E-state index in [2.05, 4.69) is 15.9 Å². The Hall–Kier alpha value is -4.16. The molecule has 3 atom stereocenters. The normalized spacial score (nSPS) is 20.3. The number of imide groups is 1. The molecule has 11 nitrogen and oxygen atoms in total. The second kappa shape index (κ2) is 10.5. The van der Waals surface area contributed by atoms with E-state index in [0.29, 0.717) is 28.1 Å². The van der Waals surface area contributed by atoms with Crippen molar-refractivity contribution in [3.05, 3.63) is 80.8 Å². The van der Waals surface area contributed by atoms with Crippen molar-refractivity contribution in [2.24, 2.45) is 5.92 Å². The molecule has 2 fully saturated rings. The van der Waals surface area contributed by atoms with Crippen LogP contribution < -0.4 is 19.4 Å². The van der Waals surface area contributed by atoms with Crippen LogP contribution in [0.2, 0.25) is 0 Å². The largest absolute Gasteiger partial charge is 0.503 e. The number of phenolic OH excluding ortho intramolecular Hbond substituents is 1. The summed E-state index contributed by atoms with van der Waals surface area (Å²) in [5.41, 5.74) is 0.946. The number of benzene rings is 3. The molecule has 12 heteroatoms. The third kappa shape index (κ3) is 4.66. The minimum Gasteiger partial charge on any atom is -0.503 e. The van der Waals surface area contributed by atoms with Gasteiger partial charge in [-0.25, -0.2) is 9.96 Å². The molecule has 0 radical (unpaired) electrons. The number of nitro groups is 1. The van der Waals surface area contributed by atoms with Crippen molar-refractivity contribution in [2.75, 3.05) is 23.2 Å². The molecule has 0 unspecified atom stereocenters. The lowest BCUT2D eigenvalue weighted by atomic mass is 9.90. The first-order valence-corrected chi connectivity index (χ1v) is 13.0. The number of hydrogen-bond donors (Lipinski definition) is 1. The van der Waals surface area contributed by atoms with Crippen molar-refractivity contribution in [2.45, 2.75) is 26.0 Å². The fraction of sp³-hybridized carbons (Fsp3) is 0.259. The van der Waals surface area contributed by atoms with Gasteiger partial charge in [-0.1, -0.05) is 12.1 Å². The van der Waals surface area contributed by atoms with Crippen LogP contribution in [0.5, 0.6) is 17.2 Å². The fourth-order valence-corrected chi connectivity index (χ4v) is 5.34. The van der Waals surface area contributed by atoms with E-state index in [1.807, 2.05) is 6.92 Å². The molecule has 0 spiro atoms. The fourth-order valence-electron chi connectivity index (χ4n) is 4.88. The maximum absolute atomic E-state index is 13.9. The standard InChI is InChI=1S/C27H24BrN3O8/c1-3-37-19-10-6-7-16(14-19)29-26(33)22-23(15-11-20(28)24(32)21(12-15)38-4-2)30(39-25(22)27(29)34)17-8-5-9-18(13-17)31(35)36/h5-14,22-23,25,32H,3-4H2,1-2H3/t22-,23+,25-/m1/s1. The summed E-state index contributed by atoms with van der Waals surface area (Å²) in [6.07, 6.45) is -1.19. The Morgan fingerprint density at radius 1 is 1.00 bits per heavy atom. The number of nitro benzene ring substituents is 1. The van der Waals surface area contributed by atoms with Gasteiger partial charge in [0.15, 0.2) is 17.6 Å². The predicted molar refractivity (Wildman–Crippen MR) is 144 cm³/mol. The number of halogens is 1. The van der Waals surface area contributed by atoms with Crippen LogP contribution in [0.4, 0.5) is 17.1 Å². The predicted octanol–water partition coefficient (Wildman–Crippen LogP) is 4.91. The zero-order chi connectivity index (χ0) is 27.8. The lowest BCUT2D eigenvalue weighted by Gasteiger charge is -2.29. The SMILES string of the molecule is CCOc1cccc(N2C(=O)[C@H]3[C@@H](ON(c4cccc([N+](=O)[O-])c4)[C@H]3c3cc(Br)c(O)c(OCC)c3)C2=O)c1. The van der Waals surface area contributed by atoms with Crippen LogP contribution in [0.3, 0.4) is 0 Å². The van der Waals surface area contributed by atoms with Crippen LogP contribution in [-0.4, -0.2) is 41.2 Å². The number of rotatable bonds is 8. The monoisotopic (exact) mass is 597 g/mol. The van der Waals surface area contributed by atoms with E-state index < -0.39 is 34.8 Å². The Balaban J connectivity index is 1.62. The maximum atomic E-state index is 13.9. The molecule has 0 bridgehead atoms. The molecule has 1 N–H and O–H groups in total. The first-order valence-electron chi connectivity index (χ1n) is 12.2. The summed E-state index contributed by atoms with van der Waals surface area (Å²) in [6.45, 7) is 4.28. The average Bonchev–Trinajstić information content (AvgIpc) is 3.43. The molecular weight excluding hydrogens is 574 g/mol. The molecule has 0 aromatic heterocycles. The highest BCUT2D eigenvalue weighted by molar-refractivity contribution is 9.10. The van der Waals surface area contributed by atoms with Crippen LogP contribution in [0.25, 0.3) is 0 Å². The number of hydroxylamine groups is 1. The minimum absolute atomic E-state index is 0.124. The summed E-state index contributed by atoms with van der Waals surface area (Å²) in [7, 11) is 0. The molecule has 5 rings (SSSR count). The van der Waals surface area contributed by atoms with E-state index in [-0.39, 0.29) is 29.5 Å². The van der Waals surface area contributed by atoms with Gasteiger partial charge in [0, 0.05) is 18.2 Å². The zero-order valence-corrected chi connectivity index (χ0v) is 22.5. The molecule has 2 aliphatic heterocycles. The van der Waals surface area contributed by atoms with Gasteiger partial charge >= 0.3 is 0 Å². The van der Waals surface area contributed by atoms with Gasteiger partial charge in [-0.15, -0.1) is 0 Å². The summed E-state index contributed by atoms with van der Waals surface area (Å²) in [5.74, 6) is -1.52. The Bertz CT molecular complexity index is 1460. The minimum atomic E-state index is -1.19. The van der Waals surface area contributed by atoms with Crippen molar-refractivity contribution in [3.8, 4) is 17.2 Å². The first-order chi connectivity index (χ1) is 18.7. The average molecular weight is 598 g/mol. The number of hydrogen-bond acceptors (Lipinski definition) is 9. The van der Waals surface area contributed by atoms with Gasteiger partial charge < -0.3 is 14.6 Å². The molecule has 0 saturated carbocycles. The van der Waals surface area contributed by atoms with Gasteiger partial charge in [-0.3, -0.25) is 24.5 Å². The van der Waals surface area contributed by atoms with Crippen LogP contribution in [0.15, 0.2) is 65.1 Å². The number of fused-ring (bicyclic) bond motifs is 1. The van der Waals surface area contributed by atoms with Crippen LogP contribution >= 0.6 is 15.9 Å². The van der Waals surface area contributed by atoms with E-state index in [9.17, 15) is 24.8 Å². The van der Waals surface area contributed by atoms with Gasteiger partial charge in [0.05, 0.1) is 40.0 Å². The Morgan fingerprint density at radius 3 is 2.44 bits per heavy atom. The summed E-state index contributed by atoms with van der Waals surface area (Å²) < 4.78 is 11.4. The summed E-state index contributed by atoms with van der Waals surface area (Å²) in [6, 6.07) is 14.7. The number of amides is 2. The van der Waals surface area contributed by atoms with E-state index in [1.54, 1.807) is 49.4 Å². The highest BCUT2D eigenvalue weighted by Crippen LogP contribution is 2.50. The molecule has 3 aromatic rings. The molecule has 2 aliphatic rings. The lowest BCUT2D eigenvalue weighted by molar-refractivity contribution is -0.384. The summed E-state index contributed by atoms with van der Waals surface area (Å²) >= 11 is 3.34. The van der Waals surface area contributed by atoms with Crippen molar-refractivity contribution in [1.82, 2.24) is 0 Å². The second-order valence-electron chi connectivity index (χ2n) is 8.82. The molecule has 3 aromatic carbocycles. The van der Waals surface area contributed by atoms with Crippen LogP contribution in [0.1, 0.15) is 25.5 Å². The number of phenols is 1. The quantitative estimate of drug-likeness (QED) is 0.218. The highest BCUT2D eigenvalue weighted by atomic mass is 79.9. The molecule has 0 aliphatic carbocycles. The first kappa shape index (κ1) is 26.4. The van der Waals surface area contributed by atoms with Crippen LogP contribution in [-0.2, 0) is 14.4 Å². The Morgan fingerprint density at radius 2 is 1.72 bits per heavy atom. The number of anilines is 2. The summed E-state index contributed by atoms with van der Waals surface area (Å²) in [4.78, 5) is 45.6. The van der Waals surface area contributed by atoms with E-state index in [0.717, 1.165) is 4.90 Å². The maximum Gasteiger partial charge on any atom is 0.271 e. The van der Waals surface area contributed by atoms with E-state index in [1.165, 1.54) is 23.3 Å². The number of ether oxygens (including phenoxy) is 2. The lowest BCUT2D eigenvalue weighted by Crippen LogP contribution is -2.37. The van der Waals surface area contributed by atoms with Gasteiger partial charge in [-0.05, 0) is 65.7 Å². The molecule has 2 amide bonds. The van der Waals surface area contributed by atoms with Crippen molar-refractivity contribution < 1.29 is 33.9 Å². The molecule has 202 valence electrons. The molecular formula is C27H24BrN3O8. The van der Waals surface area contributed by atoms with E-state index >= 15 is 0 Å². The number of nitrogens with zero attached hydrogens (tertiary/aromatic N) is 3. The third-order valence-electron chi connectivity index (χ3n) is 6.49. The molecule has 2 saturated heterocycles. The number of carbonyl (C=O) groups excluding carboxylic acids is 2. The number of aromatic hydroxyl groups is 1. The van der Waals surface area contributed by atoms with Gasteiger partial charge in [0.25, 0.3) is 11.6 Å². The number of carbonyl (C=O) groups is 2. The van der Waals surface area contributed by atoms with Gasteiger partial charge in [0.1, 0.15) is 11.7 Å². The van der Waals surface area contributed by atoms with Gasteiger partial charge in [0.2, 0.25) is 5.91 Å². The third-order valence-corrected chi connectivity index (χ3v) is 7.09. The Kier molecular flexibility index (Phi) is 7.15. The topological polar surface area (TPSA) is 132 Å². The van der Waals surface area contributed by atoms with Crippen LogP contribution in [0, 0.1) is 16.0 Å². The van der Waals surface area contributed by atoms with Crippen molar-refractivity contribution in [3.63, 3.8) is 0 Å². The van der Waals surface area contributed by atoms with Crippen molar-refractivity contribution >= 4 is 44.8 Å². The van der Waals surface area contributed by atoms with Crippen molar-refractivity contribution in [1.29, 1.82) is 0 Å². The smallest absolute Gasteiger partial charge is 0.271 e. The molecule has 2 heterocycles. The highest BCUT2D eigenvalue weighted by Gasteiger charge is 2.60. The Labute approximate surface area is 231 Å².